The smallest absolute Gasteiger partial charge is 0.225 e. The normalized spacial score (nSPS) is 12.3. The van der Waals surface area contributed by atoms with Gasteiger partial charge in [-0.1, -0.05) is 35.3 Å². The lowest BCUT2D eigenvalue weighted by atomic mass is 10.3. The monoisotopic (exact) mass is 393 g/mol. The summed E-state index contributed by atoms with van der Waals surface area (Å²) in [6.45, 7) is 0.220. The average molecular weight is 394 g/mol. The van der Waals surface area contributed by atoms with Gasteiger partial charge in [-0.2, -0.15) is 0 Å². The van der Waals surface area contributed by atoms with Gasteiger partial charge in [0.2, 0.25) is 5.91 Å². The molecule has 3 rings (SSSR count). The highest BCUT2D eigenvalue weighted by atomic mass is 35.5. The standard InChI is InChI=1S/C18H17Cl2N3O3/c19-11-5-6-16(13(20)7-11)26-10-12(24)9-23-15-4-2-1-3-14(15)22-18(23)8-17(21)25/h1-7,12,24H,8-10H2,(H2,21,25). The fraction of sp³-hybridized carbons (Fsp3) is 0.222. The molecular weight excluding hydrogens is 377 g/mol. The van der Waals surface area contributed by atoms with Crippen LogP contribution in [0, 0.1) is 0 Å². The van der Waals surface area contributed by atoms with Gasteiger partial charge in [0.1, 0.15) is 24.3 Å². The van der Waals surface area contributed by atoms with Crippen LogP contribution in [0.15, 0.2) is 42.5 Å². The second kappa shape index (κ2) is 7.95. The van der Waals surface area contributed by atoms with Gasteiger partial charge < -0.3 is 20.1 Å². The van der Waals surface area contributed by atoms with Crippen molar-refractivity contribution in [3.05, 3.63) is 58.3 Å². The summed E-state index contributed by atoms with van der Waals surface area (Å²) in [7, 11) is 0. The van der Waals surface area contributed by atoms with Crippen molar-refractivity contribution in [2.24, 2.45) is 5.73 Å². The molecule has 0 bridgehead atoms. The first kappa shape index (κ1) is 18.5. The molecule has 0 aliphatic carbocycles. The van der Waals surface area contributed by atoms with Gasteiger partial charge in [0, 0.05) is 5.02 Å². The Morgan fingerprint density at radius 2 is 2.04 bits per heavy atom. The number of hydrogen-bond donors (Lipinski definition) is 2. The molecule has 1 unspecified atom stereocenters. The van der Waals surface area contributed by atoms with Crippen LogP contribution in [0.3, 0.4) is 0 Å². The molecule has 1 heterocycles. The predicted octanol–water partition coefficient (Wildman–Crippen LogP) is 2.81. The third kappa shape index (κ3) is 4.27. The summed E-state index contributed by atoms with van der Waals surface area (Å²) in [6, 6.07) is 12.3. The minimum atomic E-state index is -0.842. The van der Waals surface area contributed by atoms with Crippen LogP contribution in [0.1, 0.15) is 5.82 Å². The molecule has 8 heteroatoms. The van der Waals surface area contributed by atoms with Gasteiger partial charge in [0.05, 0.1) is 29.0 Å². The lowest BCUT2D eigenvalue weighted by Crippen LogP contribution is -2.26. The summed E-state index contributed by atoms with van der Waals surface area (Å²) in [4.78, 5) is 15.7. The molecule has 3 N–H and O–H groups in total. The fourth-order valence-electron chi connectivity index (χ4n) is 2.66. The van der Waals surface area contributed by atoms with Crippen molar-refractivity contribution in [1.29, 1.82) is 0 Å². The summed E-state index contributed by atoms with van der Waals surface area (Å²) >= 11 is 11.9. The zero-order valence-corrected chi connectivity index (χ0v) is 15.2. The zero-order valence-electron chi connectivity index (χ0n) is 13.7. The Kier molecular flexibility index (Phi) is 5.66. The molecule has 0 radical (unpaired) electrons. The van der Waals surface area contributed by atoms with Crippen LogP contribution in [0.5, 0.6) is 5.75 Å². The lowest BCUT2D eigenvalue weighted by Gasteiger charge is -2.16. The lowest BCUT2D eigenvalue weighted by molar-refractivity contribution is -0.117. The van der Waals surface area contributed by atoms with E-state index in [1.54, 1.807) is 22.8 Å². The van der Waals surface area contributed by atoms with Crippen molar-refractivity contribution < 1.29 is 14.6 Å². The van der Waals surface area contributed by atoms with E-state index in [0.717, 1.165) is 11.0 Å². The van der Waals surface area contributed by atoms with Crippen molar-refractivity contribution in [2.75, 3.05) is 6.61 Å². The van der Waals surface area contributed by atoms with Crippen LogP contribution in [0.25, 0.3) is 11.0 Å². The highest BCUT2D eigenvalue weighted by molar-refractivity contribution is 6.35. The molecule has 0 spiro atoms. The molecule has 0 saturated heterocycles. The zero-order chi connectivity index (χ0) is 18.7. The number of fused-ring (bicyclic) bond motifs is 1. The number of carbonyl (C=O) groups is 1. The van der Waals surface area contributed by atoms with E-state index in [1.165, 1.54) is 0 Å². The minimum Gasteiger partial charge on any atom is -0.489 e. The SMILES string of the molecule is NC(=O)Cc1nc2ccccc2n1CC(O)COc1ccc(Cl)cc1Cl. The van der Waals surface area contributed by atoms with Gasteiger partial charge >= 0.3 is 0 Å². The van der Waals surface area contributed by atoms with Gasteiger partial charge in [0.25, 0.3) is 0 Å². The number of amides is 1. The number of benzene rings is 2. The molecule has 1 atom stereocenters. The van der Waals surface area contributed by atoms with Crippen LogP contribution < -0.4 is 10.5 Å². The van der Waals surface area contributed by atoms with Crippen LogP contribution in [0.4, 0.5) is 0 Å². The van der Waals surface area contributed by atoms with Crippen LogP contribution >= 0.6 is 23.2 Å². The Hall–Kier alpha value is -2.28. The maximum atomic E-state index is 11.3. The van der Waals surface area contributed by atoms with Gasteiger partial charge in [-0.05, 0) is 30.3 Å². The molecule has 0 aliphatic rings. The van der Waals surface area contributed by atoms with E-state index in [-0.39, 0.29) is 19.6 Å². The van der Waals surface area contributed by atoms with Crippen molar-refractivity contribution in [2.45, 2.75) is 19.1 Å². The van der Waals surface area contributed by atoms with E-state index in [4.69, 9.17) is 33.7 Å². The summed E-state index contributed by atoms with van der Waals surface area (Å²) in [5, 5.41) is 11.3. The number of ether oxygens (including phenoxy) is 1. The number of rotatable bonds is 7. The van der Waals surface area contributed by atoms with E-state index in [0.29, 0.717) is 21.6 Å². The molecule has 2 aromatic carbocycles. The summed E-state index contributed by atoms with van der Waals surface area (Å²) < 4.78 is 7.34. The molecule has 1 amide bonds. The summed E-state index contributed by atoms with van der Waals surface area (Å²) in [6.07, 6.45) is -0.850. The molecule has 26 heavy (non-hydrogen) atoms. The fourth-order valence-corrected chi connectivity index (χ4v) is 3.12. The van der Waals surface area contributed by atoms with E-state index < -0.39 is 12.0 Å². The first-order valence-corrected chi connectivity index (χ1v) is 8.68. The number of aromatic nitrogens is 2. The Bertz CT molecular complexity index is 943. The second-order valence-corrected chi connectivity index (χ2v) is 6.65. The first-order valence-electron chi connectivity index (χ1n) is 7.92. The van der Waals surface area contributed by atoms with Crippen molar-refractivity contribution >= 4 is 40.1 Å². The largest absolute Gasteiger partial charge is 0.489 e. The third-order valence-corrected chi connectivity index (χ3v) is 4.31. The number of imidazole rings is 1. The second-order valence-electron chi connectivity index (χ2n) is 5.81. The van der Waals surface area contributed by atoms with Crippen LogP contribution in [0.2, 0.25) is 10.0 Å². The number of carbonyl (C=O) groups excluding carboxylic acids is 1. The highest BCUT2D eigenvalue weighted by Crippen LogP contribution is 2.27. The number of nitrogens with two attached hydrogens (primary N) is 1. The Balaban J connectivity index is 1.75. The Morgan fingerprint density at radius 1 is 1.27 bits per heavy atom. The Morgan fingerprint density at radius 3 is 2.77 bits per heavy atom. The van der Waals surface area contributed by atoms with Gasteiger partial charge in [-0.3, -0.25) is 4.79 Å². The number of aliphatic hydroxyl groups excluding tert-OH is 1. The topological polar surface area (TPSA) is 90.4 Å². The first-order chi connectivity index (χ1) is 12.4. The van der Waals surface area contributed by atoms with Crippen molar-refractivity contribution in [3.8, 4) is 5.75 Å². The van der Waals surface area contributed by atoms with E-state index in [2.05, 4.69) is 4.98 Å². The van der Waals surface area contributed by atoms with Gasteiger partial charge in [-0.25, -0.2) is 4.98 Å². The number of primary amides is 1. The van der Waals surface area contributed by atoms with Gasteiger partial charge in [0.15, 0.2) is 0 Å². The number of hydrogen-bond acceptors (Lipinski definition) is 4. The van der Waals surface area contributed by atoms with E-state index >= 15 is 0 Å². The number of nitrogens with zero attached hydrogens (tertiary/aromatic N) is 2. The third-order valence-electron chi connectivity index (χ3n) is 3.78. The van der Waals surface area contributed by atoms with E-state index in [1.807, 2.05) is 24.3 Å². The van der Waals surface area contributed by atoms with Crippen LogP contribution in [-0.4, -0.2) is 33.3 Å². The molecule has 6 nitrogen and oxygen atoms in total. The molecule has 0 saturated carbocycles. The van der Waals surface area contributed by atoms with Crippen molar-refractivity contribution in [3.63, 3.8) is 0 Å². The maximum absolute atomic E-state index is 11.3. The molecular formula is C18H17Cl2N3O3. The number of para-hydroxylation sites is 2. The predicted molar refractivity (Wildman–Crippen MR) is 101 cm³/mol. The Labute approximate surface area is 160 Å². The average Bonchev–Trinajstić information content (AvgIpc) is 2.91. The quantitative estimate of drug-likeness (QED) is 0.645. The molecule has 0 fully saturated rings. The molecule has 136 valence electrons. The minimum absolute atomic E-state index is 0.00866. The highest BCUT2D eigenvalue weighted by Gasteiger charge is 2.16. The summed E-state index contributed by atoms with van der Waals surface area (Å²) in [5.74, 6) is 0.450. The number of aliphatic hydroxyl groups is 1. The number of halogens is 2. The molecule has 3 aromatic rings. The molecule has 1 aromatic heterocycles. The maximum Gasteiger partial charge on any atom is 0.225 e. The van der Waals surface area contributed by atoms with Gasteiger partial charge in [-0.15, -0.1) is 0 Å². The van der Waals surface area contributed by atoms with Crippen LogP contribution in [-0.2, 0) is 17.8 Å². The van der Waals surface area contributed by atoms with E-state index in [9.17, 15) is 9.90 Å². The van der Waals surface area contributed by atoms with Crippen molar-refractivity contribution in [1.82, 2.24) is 9.55 Å². The molecule has 0 aliphatic heterocycles. The summed E-state index contributed by atoms with van der Waals surface area (Å²) in [5.41, 5.74) is 6.85.